The van der Waals surface area contributed by atoms with Crippen LogP contribution in [-0.4, -0.2) is 64.8 Å². The van der Waals surface area contributed by atoms with Gasteiger partial charge in [0, 0.05) is 93.2 Å². The molecule has 4 N–H and O–H groups in total. The maximum atomic E-state index is 9.76. The van der Waals surface area contributed by atoms with Crippen molar-refractivity contribution in [1.82, 2.24) is 19.9 Å². The Hall–Kier alpha value is -3.82. The summed E-state index contributed by atoms with van der Waals surface area (Å²) in [7, 11) is 0. The molecule has 368 valence electrons. The molecule has 6 aromatic rings. The van der Waals surface area contributed by atoms with E-state index >= 15 is 0 Å². The predicted molar refractivity (Wildman–Crippen MR) is 269 cm³/mol. The molecule has 0 amide bonds. The average Bonchev–Trinajstić information content (AvgIpc) is 3.25. The topological polar surface area (TPSA) is 132 Å². The minimum Gasteiger partial charge on any atom is -0.392 e. The smallest absolute Gasteiger partial charge is 0.0898 e. The summed E-state index contributed by atoms with van der Waals surface area (Å²) in [4.78, 5) is 18.6. The van der Waals surface area contributed by atoms with E-state index in [1.807, 2.05) is 207 Å². The van der Waals surface area contributed by atoms with Crippen molar-refractivity contribution in [3.63, 3.8) is 0 Å². The zero-order chi connectivity index (χ0) is 48.8. The molecule has 0 aliphatic carbocycles. The Morgan fingerprint density at radius 3 is 1.10 bits per heavy atom. The number of hydrogen-bond acceptors (Lipinski definition) is 8. The molecule has 0 saturated carbocycles. The molecule has 10 heteroatoms. The molecule has 2 heterocycles. The standard InChI is InChI=1S/C18H15N2.C17H13N2.2C11H24O2.2Ir/c1-13-17(15-9-5-3-6-10-15)20-14(2)18(19-13)16-11-7-4-8-12-16;1-13-17(15-10-6-3-7-11-15)18-12-16(19-13)14-8-4-2-5-9-14;2*1-10(2,3)8(12)7-9(13)11(4,5)6;;/h3-11H,1-2H3;2-10,12H,1H3;2*8-9,12-13H,7H2,1-6H3;;/q2*-1;;;;. The van der Waals surface area contributed by atoms with Crippen LogP contribution in [0.15, 0.2) is 115 Å². The largest absolute Gasteiger partial charge is 0.392 e. The Morgan fingerprint density at radius 1 is 0.418 bits per heavy atom. The normalized spacial score (nSPS) is 13.2. The van der Waals surface area contributed by atoms with Crippen molar-refractivity contribution in [3.8, 4) is 45.0 Å². The fourth-order valence-electron chi connectivity index (χ4n) is 6.14. The van der Waals surface area contributed by atoms with Gasteiger partial charge >= 0.3 is 0 Å². The molecule has 4 unspecified atom stereocenters. The van der Waals surface area contributed by atoms with Crippen LogP contribution in [0.2, 0.25) is 0 Å². The van der Waals surface area contributed by atoms with Gasteiger partial charge < -0.3 is 25.4 Å². The van der Waals surface area contributed by atoms with Crippen molar-refractivity contribution in [3.05, 3.63) is 145 Å². The van der Waals surface area contributed by atoms with E-state index in [9.17, 15) is 20.4 Å². The van der Waals surface area contributed by atoms with Crippen LogP contribution in [-0.2, 0) is 40.2 Å². The first-order valence-corrected chi connectivity index (χ1v) is 22.7. The first-order chi connectivity index (χ1) is 30.2. The molecule has 0 spiro atoms. The van der Waals surface area contributed by atoms with E-state index in [4.69, 9.17) is 9.97 Å². The molecule has 4 aromatic carbocycles. The summed E-state index contributed by atoms with van der Waals surface area (Å²) in [5.41, 5.74) is 9.99. The minimum absolute atomic E-state index is 0. The number of aromatic nitrogens is 4. The van der Waals surface area contributed by atoms with Gasteiger partial charge in [-0.25, -0.2) is 0 Å². The maximum Gasteiger partial charge on any atom is 0.0898 e. The first kappa shape index (κ1) is 61.2. The first-order valence-electron chi connectivity index (χ1n) is 22.7. The summed E-state index contributed by atoms with van der Waals surface area (Å²) >= 11 is 0. The van der Waals surface area contributed by atoms with Crippen molar-refractivity contribution < 1.29 is 60.6 Å². The fraction of sp³-hybridized carbons (Fsp3) is 0.439. The second kappa shape index (κ2) is 27.4. The van der Waals surface area contributed by atoms with Gasteiger partial charge in [-0.1, -0.05) is 144 Å². The molecule has 0 aliphatic rings. The van der Waals surface area contributed by atoms with Crippen molar-refractivity contribution in [2.45, 2.75) is 141 Å². The summed E-state index contributed by atoms with van der Waals surface area (Å²) in [5, 5.41) is 39.0. The molecule has 8 nitrogen and oxygen atoms in total. The van der Waals surface area contributed by atoms with Gasteiger partial charge in [-0.05, 0) is 42.4 Å². The molecular weight excluding hydrogens is 1190 g/mol. The van der Waals surface area contributed by atoms with Gasteiger partial charge in [0.2, 0.25) is 0 Å². The van der Waals surface area contributed by atoms with Crippen LogP contribution in [0.1, 0.15) is 113 Å². The number of aliphatic hydroxyl groups excluding tert-OH is 4. The van der Waals surface area contributed by atoms with Gasteiger partial charge in [0.15, 0.2) is 0 Å². The number of aliphatic hydroxyl groups is 4. The Bertz CT molecular complexity index is 2170. The Kier molecular flexibility index (Phi) is 25.0. The molecule has 2 radical (unpaired) electrons. The summed E-state index contributed by atoms with van der Waals surface area (Å²) in [6, 6.07) is 42.3. The Labute approximate surface area is 430 Å². The van der Waals surface area contributed by atoms with E-state index in [1.54, 1.807) is 0 Å². The summed E-state index contributed by atoms with van der Waals surface area (Å²) in [6.45, 7) is 29.7. The van der Waals surface area contributed by atoms with E-state index in [2.05, 4.69) is 34.2 Å². The zero-order valence-electron chi connectivity index (χ0n) is 42.4. The van der Waals surface area contributed by atoms with Gasteiger partial charge in [-0.3, -0.25) is 15.0 Å². The summed E-state index contributed by atoms with van der Waals surface area (Å²) in [6.07, 6.45) is 0.949. The molecule has 0 aliphatic heterocycles. The molecule has 2 aromatic heterocycles. The molecule has 0 saturated heterocycles. The van der Waals surface area contributed by atoms with E-state index < -0.39 is 24.4 Å². The van der Waals surface area contributed by atoms with Crippen molar-refractivity contribution in [2.75, 3.05) is 0 Å². The molecular formula is C57H76Ir2N4O4-2. The van der Waals surface area contributed by atoms with Gasteiger partial charge in [0.25, 0.3) is 0 Å². The van der Waals surface area contributed by atoms with E-state index in [-0.39, 0.29) is 61.9 Å². The van der Waals surface area contributed by atoms with E-state index in [0.29, 0.717) is 12.8 Å². The van der Waals surface area contributed by atoms with Gasteiger partial charge in [-0.15, -0.1) is 71.8 Å². The third-order valence-corrected chi connectivity index (χ3v) is 11.1. The third-order valence-electron chi connectivity index (χ3n) is 11.1. The van der Waals surface area contributed by atoms with Crippen LogP contribution >= 0.6 is 0 Å². The third kappa shape index (κ3) is 20.4. The number of aryl methyl sites for hydroxylation is 3. The molecule has 0 bridgehead atoms. The van der Waals surface area contributed by atoms with Crippen molar-refractivity contribution in [1.29, 1.82) is 0 Å². The fourth-order valence-corrected chi connectivity index (χ4v) is 6.14. The van der Waals surface area contributed by atoms with Crippen LogP contribution in [0.5, 0.6) is 0 Å². The maximum absolute atomic E-state index is 9.76. The van der Waals surface area contributed by atoms with Crippen molar-refractivity contribution in [2.24, 2.45) is 21.7 Å². The molecule has 4 atom stereocenters. The Morgan fingerprint density at radius 2 is 0.746 bits per heavy atom. The van der Waals surface area contributed by atoms with Crippen LogP contribution in [0, 0.1) is 54.6 Å². The van der Waals surface area contributed by atoms with Crippen LogP contribution in [0.3, 0.4) is 0 Å². The van der Waals surface area contributed by atoms with Gasteiger partial charge in [-0.2, -0.15) is 0 Å². The second-order valence-corrected chi connectivity index (χ2v) is 21.1. The molecule has 0 fully saturated rings. The van der Waals surface area contributed by atoms with Crippen LogP contribution in [0.4, 0.5) is 0 Å². The monoisotopic (exact) mass is 1270 g/mol. The quantitative estimate of drug-likeness (QED) is 0.111. The zero-order valence-corrected chi connectivity index (χ0v) is 47.2. The van der Waals surface area contributed by atoms with Crippen LogP contribution < -0.4 is 0 Å². The molecule has 6 rings (SSSR count). The minimum atomic E-state index is -0.443. The van der Waals surface area contributed by atoms with Crippen molar-refractivity contribution >= 4 is 0 Å². The van der Waals surface area contributed by atoms with Gasteiger partial charge in [0.1, 0.15) is 0 Å². The SMILES string of the molecule is CC(C)(C)C(O)CC(O)C(C)(C)C.CC(C)(C)C(O)CC(O)C(C)(C)C.Cc1nc(-c2ccccc2)c(C)nc1-c1[c-]cccc1.Cc1nc(-c2ccccc2)cnc1-c1[c-]cccc1.[Ir].[Ir]. The molecule has 67 heavy (non-hydrogen) atoms. The number of hydrogen-bond donors (Lipinski definition) is 4. The predicted octanol–water partition coefficient (Wildman–Crippen LogP) is 12.5. The van der Waals surface area contributed by atoms with Crippen LogP contribution in [0.25, 0.3) is 45.0 Å². The summed E-state index contributed by atoms with van der Waals surface area (Å²) in [5.74, 6) is 0. The number of nitrogens with zero attached hydrogens (tertiary/aromatic N) is 4. The van der Waals surface area contributed by atoms with E-state index in [0.717, 1.165) is 62.1 Å². The number of rotatable bonds is 8. The Balaban J connectivity index is 0.000000452. The average molecular weight is 1270 g/mol. The number of benzene rings is 4. The summed E-state index contributed by atoms with van der Waals surface area (Å²) < 4.78 is 0. The van der Waals surface area contributed by atoms with Gasteiger partial charge in [0.05, 0.1) is 41.5 Å². The van der Waals surface area contributed by atoms with E-state index in [1.165, 1.54) is 0 Å². The second-order valence-electron chi connectivity index (χ2n) is 21.1.